The maximum Gasteiger partial charge on any atom is 0.227 e. The van der Waals surface area contributed by atoms with E-state index in [1.54, 1.807) is 0 Å². The van der Waals surface area contributed by atoms with Crippen molar-refractivity contribution in [2.75, 3.05) is 20.3 Å². The average Bonchev–Trinajstić information content (AvgIpc) is 2.63. The zero-order valence-electron chi connectivity index (χ0n) is 11.0. The Kier molecular flexibility index (Phi) is 4.33. The molecule has 1 amide bonds. The summed E-state index contributed by atoms with van der Waals surface area (Å²) in [6, 6.07) is 0.310. The normalized spacial score (nSPS) is 27.8. The highest BCUT2D eigenvalue weighted by molar-refractivity contribution is 5.80. The van der Waals surface area contributed by atoms with Crippen molar-refractivity contribution in [2.24, 2.45) is 11.3 Å². The fourth-order valence-corrected chi connectivity index (χ4v) is 1.63. The summed E-state index contributed by atoms with van der Waals surface area (Å²) in [6.07, 6.45) is 0. The van der Waals surface area contributed by atoms with Crippen LogP contribution in [0.4, 0.5) is 0 Å². The molecule has 0 spiro atoms. The van der Waals surface area contributed by atoms with Crippen LogP contribution in [0.25, 0.3) is 0 Å². The van der Waals surface area contributed by atoms with Crippen LogP contribution in [0.15, 0.2) is 0 Å². The molecule has 0 aromatic rings. The summed E-state index contributed by atoms with van der Waals surface area (Å²) in [7, 11) is 1.87. The zero-order chi connectivity index (χ0) is 12.3. The third-order valence-corrected chi connectivity index (χ3v) is 3.45. The number of nitrogens with one attached hydrogen (secondary N) is 2. The second kappa shape index (κ2) is 5.15. The smallest absolute Gasteiger partial charge is 0.227 e. The number of hydrogen-bond donors (Lipinski definition) is 2. The van der Waals surface area contributed by atoms with E-state index in [9.17, 15) is 4.79 Å². The Morgan fingerprint density at radius 1 is 1.38 bits per heavy atom. The number of hydrogen-bond acceptors (Lipinski definition) is 3. The third-order valence-electron chi connectivity index (χ3n) is 3.45. The van der Waals surface area contributed by atoms with E-state index in [4.69, 9.17) is 4.74 Å². The molecule has 0 radical (unpaired) electrons. The van der Waals surface area contributed by atoms with Crippen LogP contribution in [-0.4, -0.2) is 38.3 Å². The second-order valence-electron chi connectivity index (χ2n) is 5.64. The molecule has 3 atom stereocenters. The van der Waals surface area contributed by atoms with Gasteiger partial charge in [-0.05, 0) is 19.4 Å². The molecule has 0 aromatic carbocycles. The molecule has 1 rings (SSSR count). The molecule has 3 unspecified atom stereocenters. The van der Waals surface area contributed by atoms with Crippen LogP contribution < -0.4 is 10.6 Å². The maximum absolute atomic E-state index is 12.0. The predicted molar refractivity (Wildman–Crippen MR) is 64.2 cm³/mol. The Balaban J connectivity index is 2.52. The Bertz CT molecular complexity index is 248. The Morgan fingerprint density at radius 2 is 2.00 bits per heavy atom. The molecule has 2 N–H and O–H groups in total. The SMILES string of the molecule is CNC1COCC1C(=O)NC(C)C(C)(C)C. The van der Waals surface area contributed by atoms with Gasteiger partial charge in [-0.2, -0.15) is 0 Å². The molecule has 4 heteroatoms. The summed E-state index contributed by atoms with van der Waals surface area (Å²) in [4.78, 5) is 12.0. The molecule has 1 aliphatic rings. The van der Waals surface area contributed by atoms with Gasteiger partial charge in [-0.3, -0.25) is 4.79 Å². The van der Waals surface area contributed by atoms with Crippen molar-refractivity contribution in [2.45, 2.75) is 39.8 Å². The van der Waals surface area contributed by atoms with Crippen molar-refractivity contribution in [1.29, 1.82) is 0 Å². The van der Waals surface area contributed by atoms with E-state index in [1.165, 1.54) is 0 Å². The quantitative estimate of drug-likeness (QED) is 0.750. The van der Waals surface area contributed by atoms with Gasteiger partial charge < -0.3 is 15.4 Å². The van der Waals surface area contributed by atoms with Crippen LogP contribution >= 0.6 is 0 Å². The Hall–Kier alpha value is -0.610. The molecule has 16 heavy (non-hydrogen) atoms. The molecule has 4 nitrogen and oxygen atoms in total. The largest absolute Gasteiger partial charge is 0.379 e. The van der Waals surface area contributed by atoms with Crippen molar-refractivity contribution < 1.29 is 9.53 Å². The number of carbonyl (C=O) groups excluding carboxylic acids is 1. The van der Waals surface area contributed by atoms with Crippen LogP contribution in [0.2, 0.25) is 0 Å². The van der Waals surface area contributed by atoms with E-state index in [0.717, 1.165) is 0 Å². The summed E-state index contributed by atoms with van der Waals surface area (Å²) in [5.41, 5.74) is 0.0876. The van der Waals surface area contributed by atoms with E-state index in [-0.39, 0.29) is 29.3 Å². The van der Waals surface area contributed by atoms with Gasteiger partial charge in [0.2, 0.25) is 5.91 Å². The first-order valence-electron chi connectivity index (χ1n) is 5.91. The highest BCUT2D eigenvalue weighted by Gasteiger charge is 2.34. The first-order valence-corrected chi connectivity index (χ1v) is 5.91. The Morgan fingerprint density at radius 3 is 2.50 bits per heavy atom. The Labute approximate surface area is 98.1 Å². The monoisotopic (exact) mass is 228 g/mol. The van der Waals surface area contributed by atoms with Gasteiger partial charge in [-0.15, -0.1) is 0 Å². The lowest BCUT2D eigenvalue weighted by atomic mass is 9.87. The van der Waals surface area contributed by atoms with Gasteiger partial charge in [0.25, 0.3) is 0 Å². The standard InChI is InChI=1S/C12H24N2O2/c1-8(12(2,3)4)14-11(15)9-6-16-7-10(9)13-5/h8-10,13H,6-7H2,1-5H3,(H,14,15). The first kappa shape index (κ1) is 13.5. The summed E-state index contributed by atoms with van der Waals surface area (Å²) in [6.45, 7) is 9.56. The summed E-state index contributed by atoms with van der Waals surface area (Å²) >= 11 is 0. The van der Waals surface area contributed by atoms with Gasteiger partial charge >= 0.3 is 0 Å². The van der Waals surface area contributed by atoms with Crippen molar-refractivity contribution >= 4 is 5.91 Å². The highest BCUT2D eigenvalue weighted by Crippen LogP contribution is 2.20. The molecule has 1 fully saturated rings. The molecule has 1 saturated heterocycles. The predicted octanol–water partition coefficient (Wildman–Crippen LogP) is 0.772. The van der Waals surface area contributed by atoms with Crippen LogP contribution in [0, 0.1) is 11.3 Å². The number of rotatable bonds is 3. The number of ether oxygens (including phenoxy) is 1. The minimum Gasteiger partial charge on any atom is -0.379 e. The van der Waals surface area contributed by atoms with Crippen molar-refractivity contribution in [3.05, 3.63) is 0 Å². The minimum absolute atomic E-state index is 0.0604. The van der Waals surface area contributed by atoms with E-state index >= 15 is 0 Å². The van der Waals surface area contributed by atoms with Gasteiger partial charge in [-0.25, -0.2) is 0 Å². The number of amides is 1. The zero-order valence-corrected chi connectivity index (χ0v) is 11.0. The van der Waals surface area contributed by atoms with Crippen molar-refractivity contribution in [3.8, 4) is 0 Å². The van der Waals surface area contributed by atoms with Crippen LogP contribution in [0.3, 0.4) is 0 Å². The lowest BCUT2D eigenvalue weighted by Crippen LogP contribution is -2.48. The van der Waals surface area contributed by atoms with E-state index < -0.39 is 0 Å². The number of likely N-dealkylation sites (N-methyl/N-ethyl adjacent to an activating group) is 1. The molecule has 0 aliphatic carbocycles. The average molecular weight is 228 g/mol. The highest BCUT2D eigenvalue weighted by atomic mass is 16.5. The molecule has 1 aliphatic heterocycles. The van der Waals surface area contributed by atoms with E-state index in [1.807, 2.05) is 14.0 Å². The summed E-state index contributed by atoms with van der Waals surface area (Å²) < 4.78 is 5.33. The molecular formula is C12H24N2O2. The van der Waals surface area contributed by atoms with Gasteiger partial charge in [-0.1, -0.05) is 20.8 Å². The van der Waals surface area contributed by atoms with Crippen molar-refractivity contribution in [3.63, 3.8) is 0 Å². The number of carbonyl (C=O) groups is 1. The maximum atomic E-state index is 12.0. The van der Waals surface area contributed by atoms with Gasteiger partial charge in [0.15, 0.2) is 0 Å². The van der Waals surface area contributed by atoms with Gasteiger partial charge in [0.1, 0.15) is 0 Å². The first-order chi connectivity index (χ1) is 7.36. The van der Waals surface area contributed by atoms with Crippen LogP contribution in [-0.2, 0) is 9.53 Å². The second-order valence-corrected chi connectivity index (χ2v) is 5.64. The van der Waals surface area contributed by atoms with Crippen LogP contribution in [0.1, 0.15) is 27.7 Å². The fraction of sp³-hybridized carbons (Fsp3) is 0.917. The molecule has 0 saturated carbocycles. The molecule has 94 valence electrons. The van der Waals surface area contributed by atoms with Crippen LogP contribution in [0.5, 0.6) is 0 Å². The molecular weight excluding hydrogens is 204 g/mol. The van der Waals surface area contributed by atoms with E-state index in [2.05, 4.69) is 31.4 Å². The lowest BCUT2D eigenvalue weighted by Gasteiger charge is -2.29. The third kappa shape index (κ3) is 3.19. The van der Waals surface area contributed by atoms with E-state index in [0.29, 0.717) is 13.2 Å². The molecule has 0 aromatic heterocycles. The minimum atomic E-state index is -0.0604. The summed E-state index contributed by atoms with van der Waals surface area (Å²) in [5.74, 6) is 0.0362. The van der Waals surface area contributed by atoms with Gasteiger partial charge in [0.05, 0.1) is 19.1 Å². The summed E-state index contributed by atoms with van der Waals surface area (Å²) in [5, 5.41) is 6.19. The van der Waals surface area contributed by atoms with Crippen molar-refractivity contribution in [1.82, 2.24) is 10.6 Å². The topological polar surface area (TPSA) is 50.4 Å². The van der Waals surface area contributed by atoms with Gasteiger partial charge in [0, 0.05) is 12.1 Å². The molecule has 0 bridgehead atoms. The molecule has 1 heterocycles. The lowest BCUT2D eigenvalue weighted by molar-refractivity contribution is -0.126. The fourth-order valence-electron chi connectivity index (χ4n) is 1.63.